The number of hydrogen-bond donors (Lipinski definition) is 3. The Balaban J connectivity index is 1.51. The molecule has 3 heterocycles. The molecule has 7 heteroatoms. The second kappa shape index (κ2) is 9.07. The Morgan fingerprint density at radius 3 is 2.49 bits per heavy atom. The largest absolute Gasteiger partial charge is 0.497 e. The number of rotatable bonds is 4. The highest BCUT2D eigenvalue weighted by atomic mass is 16.5. The molecule has 3 N–H and O–H groups in total. The number of methoxy groups -OCH3 is 1. The first kappa shape index (κ1) is 22.9. The number of nitrogens with zero attached hydrogens (tertiary/aromatic N) is 1. The van der Waals surface area contributed by atoms with E-state index in [1.807, 2.05) is 60.4 Å². The first-order valence-corrected chi connectivity index (χ1v) is 11.9. The number of hydrogen-bond acceptors (Lipinski definition) is 4. The number of ether oxygens (including phenoxy) is 1. The van der Waals surface area contributed by atoms with Gasteiger partial charge in [-0.3, -0.25) is 9.59 Å². The Kier molecular flexibility index (Phi) is 5.94. The van der Waals surface area contributed by atoms with E-state index < -0.39 is 0 Å². The summed E-state index contributed by atoms with van der Waals surface area (Å²) in [5.74, 6) is 0.630. The molecule has 1 fully saturated rings. The molecule has 5 rings (SSSR count). The quantitative estimate of drug-likeness (QED) is 0.496. The fraction of sp³-hybridized carbons (Fsp3) is 0.286. The predicted octanol–water partition coefficient (Wildman–Crippen LogP) is 4.31. The van der Waals surface area contributed by atoms with Crippen LogP contribution in [0.1, 0.15) is 41.0 Å². The van der Waals surface area contributed by atoms with Crippen molar-refractivity contribution in [1.29, 1.82) is 0 Å². The van der Waals surface area contributed by atoms with E-state index in [4.69, 9.17) is 4.74 Å². The zero-order chi connectivity index (χ0) is 24.7. The van der Waals surface area contributed by atoms with Gasteiger partial charge in [-0.15, -0.1) is 0 Å². The molecular formula is C28H30N4O3. The molecule has 0 spiro atoms. The van der Waals surface area contributed by atoms with Gasteiger partial charge in [-0.25, -0.2) is 0 Å². The Hall–Kier alpha value is -3.84. The van der Waals surface area contributed by atoms with Gasteiger partial charge >= 0.3 is 0 Å². The lowest BCUT2D eigenvalue weighted by atomic mass is 9.94. The number of fused-ring (bicyclic) bond motifs is 1. The van der Waals surface area contributed by atoms with Crippen molar-refractivity contribution >= 4 is 29.2 Å². The topological polar surface area (TPSA) is 86.5 Å². The molecule has 2 atom stereocenters. The van der Waals surface area contributed by atoms with Crippen molar-refractivity contribution in [2.75, 3.05) is 25.5 Å². The van der Waals surface area contributed by atoms with E-state index in [1.54, 1.807) is 13.3 Å². The first-order chi connectivity index (χ1) is 16.9. The third-order valence-electron chi connectivity index (χ3n) is 6.77. The van der Waals surface area contributed by atoms with E-state index >= 15 is 0 Å². The normalized spacial score (nSPS) is 20.6. The number of H-pyrrole nitrogens is 1. The molecule has 0 aliphatic carbocycles. The van der Waals surface area contributed by atoms with Crippen LogP contribution in [0.5, 0.6) is 5.75 Å². The minimum atomic E-state index is -0.160. The highest BCUT2D eigenvalue weighted by Gasteiger charge is 2.30. The summed E-state index contributed by atoms with van der Waals surface area (Å²) in [4.78, 5) is 31.4. The van der Waals surface area contributed by atoms with Gasteiger partial charge in [0.2, 0.25) is 0 Å². The van der Waals surface area contributed by atoms with Crippen molar-refractivity contribution in [3.63, 3.8) is 0 Å². The molecule has 7 nitrogen and oxygen atoms in total. The maximum atomic E-state index is 13.3. The average molecular weight is 471 g/mol. The third kappa shape index (κ3) is 4.23. The summed E-state index contributed by atoms with van der Waals surface area (Å²) in [5.41, 5.74) is 6.38. The van der Waals surface area contributed by atoms with Crippen molar-refractivity contribution in [3.05, 3.63) is 71.0 Å². The molecule has 0 radical (unpaired) electrons. The molecule has 1 saturated heterocycles. The third-order valence-corrected chi connectivity index (χ3v) is 6.77. The lowest BCUT2D eigenvalue weighted by Gasteiger charge is -2.36. The van der Waals surface area contributed by atoms with Crippen LogP contribution in [-0.4, -0.2) is 54.0 Å². The molecule has 3 aromatic rings. The van der Waals surface area contributed by atoms with Crippen LogP contribution in [-0.2, 0) is 4.79 Å². The van der Waals surface area contributed by atoms with Crippen LogP contribution in [0.4, 0.5) is 5.69 Å². The number of carbonyl (C=O) groups is 2. The predicted molar refractivity (Wildman–Crippen MR) is 138 cm³/mol. The first-order valence-electron chi connectivity index (χ1n) is 11.9. The molecule has 0 bridgehead atoms. The van der Waals surface area contributed by atoms with Crippen LogP contribution in [0.15, 0.2) is 48.7 Å². The second-order valence-electron chi connectivity index (χ2n) is 9.39. The molecule has 2 aliphatic heterocycles. The van der Waals surface area contributed by atoms with Crippen molar-refractivity contribution in [2.24, 2.45) is 0 Å². The van der Waals surface area contributed by atoms with Crippen molar-refractivity contribution in [2.45, 2.75) is 32.9 Å². The maximum absolute atomic E-state index is 13.3. The van der Waals surface area contributed by atoms with E-state index in [0.717, 1.165) is 39.4 Å². The number of nitrogens with one attached hydrogen (secondary N) is 3. The van der Waals surface area contributed by atoms with Gasteiger partial charge in [0.15, 0.2) is 0 Å². The Morgan fingerprint density at radius 1 is 1.09 bits per heavy atom. The highest BCUT2D eigenvalue weighted by Crippen LogP contribution is 2.41. The van der Waals surface area contributed by atoms with Crippen molar-refractivity contribution in [1.82, 2.24) is 15.2 Å². The van der Waals surface area contributed by atoms with E-state index in [9.17, 15) is 9.59 Å². The van der Waals surface area contributed by atoms with Gasteiger partial charge in [0.1, 0.15) is 5.75 Å². The number of aromatic amines is 1. The smallest absolute Gasteiger partial charge is 0.256 e. The Bertz CT molecular complexity index is 1310. The molecule has 1 aromatic heterocycles. The lowest BCUT2D eigenvalue weighted by molar-refractivity contribution is -0.110. The summed E-state index contributed by atoms with van der Waals surface area (Å²) >= 11 is 0. The maximum Gasteiger partial charge on any atom is 0.256 e. The van der Waals surface area contributed by atoms with E-state index in [2.05, 4.69) is 29.5 Å². The molecule has 35 heavy (non-hydrogen) atoms. The monoisotopic (exact) mass is 470 g/mol. The van der Waals surface area contributed by atoms with Gasteiger partial charge in [0.25, 0.3) is 11.8 Å². The number of anilines is 1. The standard InChI is InChI=1S/C28H30N4O3/c1-16-14-32(15-17(2)30-16)28(34)23-13-29-25(18(23)3)12-22-26-21(6-5-7-24(26)31-27(22)33)19-8-10-20(35-4)11-9-19/h5-13,16-17,29-30H,14-15H2,1-4H3,(H,31,33)/t16-,17+. The van der Waals surface area contributed by atoms with E-state index in [0.29, 0.717) is 24.2 Å². The van der Waals surface area contributed by atoms with Gasteiger partial charge in [-0.05, 0) is 61.7 Å². The number of benzene rings is 2. The second-order valence-corrected chi connectivity index (χ2v) is 9.39. The van der Waals surface area contributed by atoms with Crippen LogP contribution in [0.2, 0.25) is 0 Å². The summed E-state index contributed by atoms with van der Waals surface area (Å²) in [6, 6.07) is 14.1. The molecule has 2 amide bonds. The fourth-order valence-corrected chi connectivity index (χ4v) is 5.09. The van der Waals surface area contributed by atoms with Crippen LogP contribution >= 0.6 is 0 Å². The minimum absolute atomic E-state index is 0.0128. The number of piperazine rings is 1. The lowest BCUT2D eigenvalue weighted by Crippen LogP contribution is -2.55. The Morgan fingerprint density at radius 2 is 1.80 bits per heavy atom. The van der Waals surface area contributed by atoms with Crippen molar-refractivity contribution < 1.29 is 14.3 Å². The van der Waals surface area contributed by atoms with Gasteiger partial charge in [-0.1, -0.05) is 24.3 Å². The summed E-state index contributed by atoms with van der Waals surface area (Å²) < 4.78 is 5.29. The summed E-state index contributed by atoms with van der Waals surface area (Å²) in [6.07, 6.45) is 3.61. The van der Waals surface area contributed by atoms with Crippen molar-refractivity contribution in [3.8, 4) is 16.9 Å². The fourth-order valence-electron chi connectivity index (χ4n) is 5.09. The summed E-state index contributed by atoms with van der Waals surface area (Å²) in [7, 11) is 1.64. The Labute approximate surface area is 205 Å². The van der Waals surface area contributed by atoms with Crippen LogP contribution < -0.4 is 15.4 Å². The number of amides is 2. The van der Waals surface area contributed by atoms with E-state index in [-0.39, 0.29) is 23.9 Å². The zero-order valence-electron chi connectivity index (χ0n) is 20.4. The summed E-state index contributed by atoms with van der Waals surface area (Å²) in [5, 5.41) is 6.44. The SMILES string of the molecule is COc1ccc(-c2cccc3c2C(=Cc2[nH]cc(C(=O)N4C[C@@H](C)N[C@@H](C)C4)c2C)C(=O)N3)cc1. The van der Waals surface area contributed by atoms with Gasteiger partial charge in [0.05, 0.1) is 18.2 Å². The molecule has 0 saturated carbocycles. The van der Waals surface area contributed by atoms with Crippen LogP contribution in [0.25, 0.3) is 22.8 Å². The molecular weight excluding hydrogens is 440 g/mol. The minimum Gasteiger partial charge on any atom is -0.497 e. The van der Waals surface area contributed by atoms with Gasteiger partial charge in [0, 0.05) is 48.3 Å². The van der Waals surface area contributed by atoms with Crippen LogP contribution in [0, 0.1) is 6.92 Å². The average Bonchev–Trinajstić information content (AvgIpc) is 3.37. The number of carbonyl (C=O) groups excluding carboxylic acids is 2. The highest BCUT2D eigenvalue weighted by molar-refractivity contribution is 6.36. The molecule has 180 valence electrons. The van der Waals surface area contributed by atoms with Crippen LogP contribution in [0.3, 0.4) is 0 Å². The van der Waals surface area contributed by atoms with Gasteiger partial charge < -0.3 is 25.3 Å². The van der Waals surface area contributed by atoms with Gasteiger partial charge in [-0.2, -0.15) is 0 Å². The molecule has 2 aliphatic rings. The summed E-state index contributed by atoms with van der Waals surface area (Å²) in [6.45, 7) is 7.45. The molecule has 2 aromatic carbocycles. The zero-order valence-corrected chi connectivity index (χ0v) is 20.4. The van der Waals surface area contributed by atoms with E-state index in [1.165, 1.54) is 0 Å². The number of aromatic nitrogens is 1. The molecule has 0 unspecified atom stereocenters.